The van der Waals surface area contributed by atoms with E-state index in [0.29, 0.717) is 17.5 Å². The third kappa shape index (κ3) is 3.95. The molecule has 11 heteroatoms. The molecular weight excluding hydrogens is 381 g/mol. The zero-order chi connectivity index (χ0) is 19.6. The number of amides is 1. The molecule has 1 saturated heterocycles. The molecule has 0 radical (unpaired) electrons. The van der Waals surface area contributed by atoms with Gasteiger partial charge in [-0.25, -0.2) is 9.97 Å². The summed E-state index contributed by atoms with van der Waals surface area (Å²) in [6.45, 7) is 0.363. The maximum atomic E-state index is 12.8. The molecule has 3 rings (SSSR count). The number of halogens is 3. The second-order valence-corrected chi connectivity index (χ2v) is 6.34. The molecule has 1 aliphatic heterocycles. The molecule has 3 heterocycles. The SMILES string of the molecule is CSc1ncc(C#N)c(N2CCN(c3ccnc(C(F)(F)F)c3)C(=O)C2)n1. The summed E-state index contributed by atoms with van der Waals surface area (Å²) in [7, 11) is 0. The molecule has 1 aliphatic rings. The number of pyridine rings is 1. The topological polar surface area (TPSA) is 86.0 Å². The number of rotatable bonds is 3. The highest BCUT2D eigenvalue weighted by Crippen LogP contribution is 2.30. The zero-order valence-electron chi connectivity index (χ0n) is 14.1. The fraction of sp³-hybridized carbons (Fsp3) is 0.312. The standard InChI is InChI=1S/C16H13F3N6OS/c1-27-15-22-8-10(7-20)14(23-15)24-4-5-25(13(26)9-24)11-2-3-21-12(6-11)16(17,18)19/h2-3,6,8H,4-5,9H2,1H3. The molecule has 0 N–H and O–H groups in total. The number of piperazine rings is 1. The van der Waals surface area contributed by atoms with E-state index < -0.39 is 17.8 Å². The Morgan fingerprint density at radius 1 is 1.30 bits per heavy atom. The number of carbonyl (C=O) groups excluding carboxylic acids is 1. The lowest BCUT2D eigenvalue weighted by Gasteiger charge is -2.35. The summed E-state index contributed by atoms with van der Waals surface area (Å²) in [5.41, 5.74) is -0.685. The number of nitrogens with zero attached hydrogens (tertiary/aromatic N) is 6. The number of aromatic nitrogens is 3. The van der Waals surface area contributed by atoms with Gasteiger partial charge in [-0.05, 0) is 18.4 Å². The van der Waals surface area contributed by atoms with E-state index in [-0.39, 0.29) is 24.3 Å². The van der Waals surface area contributed by atoms with Crippen molar-refractivity contribution in [1.29, 1.82) is 5.26 Å². The molecule has 0 spiro atoms. The largest absolute Gasteiger partial charge is 0.433 e. The molecular formula is C16H13F3N6OS. The van der Waals surface area contributed by atoms with E-state index in [1.807, 2.05) is 6.07 Å². The van der Waals surface area contributed by atoms with E-state index in [1.165, 1.54) is 28.9 Å². The van der Waals surface area contributed by atoms with Gasteiger partial charge in [-0.1, -0.05) is 11.8 Å². The molecule has 1 fully saturated rings. The highest BCUT2D eigenvalue weighted by atomic mass is 32.2. The Morgan fingerprint density at radius 3 is 2.70 bits per heavy atom. The number of hydrogen-bond donors (Lipinski definition) is 0. The number of alkyl halides is 3. The van der Waals surface area contributed by atoms with Crippen LogP contribution in [0, 0.1) is 11.3 Å². The van der Waals surface area contributed by atoms with Crippen LogP contribution in [0.25, 0.3) is 0 Å². The summed E-state index contributed by atoms with van der Waals surface area (Å²) in [6.07, 6.45) is -0.377. The minimum absolute atomic E-state index is 0.108. The first kappa shape index (κ1) is 18.9. The van der Waals surface area contributed by atoms with Crippen LogP contribution in [0.5, 0.6) is 0 Å². The van der Waals surface area contributed by atoms with E-state index in [9.17, 15) is 23.2 Å². The van der Waals surface area contributed by atoms with Crippen molar-refractivity contribution in [1.82, 2.24) is 15.0 Å². The number of anilines is 2. The van der Waals surface area contributed by atoms with Crippen LogP contribution in [0.15, 0.2) is 29.7 Å². The first-order chi connectivity index (χ1) is 12.8. The van der Waals surface area contributed by atoms with Gasteiger partial charge in [-0.3, -0.25) is 9.78 Å². The second-order valence-electron chi connectivity index (χ2n) is 5.57. The third-order valence-corrected chi connectivity index (χ3v) is 4.48. The van der Waals surface area contributed by atoms with Crippen molar-refractivity contribution in [3.05, 3.63) is 35.8 Å². The van der Waals surface area contributed by atoms with Crippen molar-refractivity contribution in [2.75, 3.05) is 35.7 Å². The lowest BCUT2D eigenvalue weighted by atomic mass is 10.2. The van der Waals surface area contributed by atoms with Crippen molar-refractivity contribution in [2.24, 2.45) is 0 Å². The maximum Gasteiger partial charge on any atom is 0.433 e. The van der Waals surface area contributed by atoms with Crippen LogP contribution in [0.2, 0.25) is 0 Å². The van der Waals surface area contributed by atoms with Crippen LogP contribution >= 0.6 is 11.8 Å². The van der Waals surface area contributed by atoms with E-state index in [0.717, 1.165) is 12.3 Å². The summed E-state index contributed by atoms with van der Waals surface area (Å²) in [6, 6.07) is 4.20. The van der Waals surface area contributed by atoms with Gasteiger partial charge in [-0.2, -0.15) is 18.4 Å². The van der Waals surface area contributed by atoms with Gasteiger partial charge in [0.25, 0.3) is 0 Å². The molecule has 0 unspecified atom stereocenters. The van der Waals surface area contributed by atoms with E-state index in [1.54, 1.807) is 11.2 Å². The third-order valence-electron chi connectivity index (χ3n) is 3.92. The molecule has 27 heavy (non-hydrogen) atoms. The van der Waals surface area contributed by atoms with Crippen LogP contribution in [0.3, 0.4) is 0 Å². The van der Waals surface area contributed by atoms with E-state index in [4.69, 9.17) is 0 Å². The van der Waals surface area contributed by atoms with Crippen molar-refractivity contribution in [2.45, 2.75) is 11.3 Å². The monoisotopic (exact) mass is 394 g/mol. The zero-order valence-corrected chi connectivity index (χ0v) is 14.9. The fourth-order valence-corrected chi connectivity index (χ4v) is 2.98. The predicted molar refractivity (Wildman–Crippen MR) is 92.3 cm³/mol. The van der Waals surface area contributed by atoms with Gasteiger partial charge in [0.15, 0.2) is 11.0 Å². The van der Waals surface area contributed by atoms with Crippen LogP contribution in [0.4, 0.5) is 24.7 Å². The predicted octanol–water partition coefficient (Wildman–Crippen LogP) is 2.34. The molecule has 0 aliphatic carbocycles. The molecule has 2 aromatic rings. The number of thioether (sulfide) groups is 1. The molecule has 140 valence electrons. The first-order valence-corrected chi connectivity index (χ1v) is 8.95. The number of nitriles is 1. The van der Waals surface area contributed by atoms with Crippen LogP contribution in [-0.2, 0) is 11.0 Å². The Labute approximate surface area is 156 Å². The fourth-order valence-electron chi connectivity index (χ4n) is 2.64. The Kier molecular flexibility index (Phi) is 5.18. The Balaban J connectivity index is 1.83. The van der Waals surface area contributed by atoms with Crippen LogP contribution < -0.4 is 9.80 Å². The van der Waals surface area contributed by atoms with Crippen molar-refractivity contribution < 1.29 is 18.0 Å². The number of hydrogen-bond acceptors (Lipinski definition) is 7. The first-order valence-electron chi connectivity index (χ1n) is 7.73. The Bertz CT molecular complexity index is 914. The minimum Gasteiger partial charge on any atom is -0.344 e. The molecule has 0 saturated carbocycles. The Hall–Kier alpha value is -2.87. The average Bonchev–Trinajstić information content (AvgIpc) is 2.66. The highest BCUT2D eigenvalue weighted by molar-refractivity contribution is 7.98. The summed E-state index contributed by atoms with van der Waals surface area (Å²) in [5.74, 6) is -0.0515. The minimum atomic E-state index is -4.59. The molecule has 2 aromatic heterocycles. The van der Waals surface area contributed by atoms with E-state index >= 15 is 0 Å². The quantitative estimate of drug-likeness (QED) is 0.583. The summed E-state index contributed by atoms with van der Waals surface area (Å²) in [5, 5.41) is 9.70. The van der Waals surface area contributed by atoms with Gasteiger partial charge in [0, 0.05) is 25.0 Å². The number of carbonyl (C=O) groups is 1. The molecule has 0 bridgehead atoms. The molecule has 0 atom stereocenters. The van der Waals surface area contributed by atoms with E-state index in [2.05, 4.69) is 15.0 Å². The highest BCUT2D eigenvalue weighted by Gasteiger charge is 2.34. The van der Waals surface area contributed by atoms with Crippen molar-refractivity contribution in [3.63, 3.8) is 0 Å². The second kappa shape index (κ2) is 7.40. The van der Waals surface area contributed by atoms with Crippen LogP contribution in [0.1, 0.15) is 11.3 Å². The average molecular weight is 394 g/mol. The van der Waals surface area contributed by atoms with Crippen molar-refractivity contribution >= 4 is 29.2 Å². The lowest BCUT2D eigenvalue weighted by molar-refractivity contribution is -0.141. The van der Waals surface area contributed by atoms with Gasteiger partial charge < -0.3 is 9.80 Å². The Morgan fingerprint density at radius 2 is 2.07 bits per heavy atom. The molecule has 0 aromatic carbocycles. The van der Waals surface area contributed by atoms with Gasteiger partial charge in [-0.15, -0.1) is 0 Å². The maximum absolute atomic E-state index is 12.8. The van der Waals surface area contributed by atoms with Gasteiger partial charge in [0.05, 0.1) is 12.7 Å². The van der Waals surface area contributed by atoms with Gasteiger partial charge >= 0.3 is 6.18 Å². The van der Waals surface area contributed by atoms with Gasteiger partial charge in [0.2, 0.25) is 5.91 Å². The van der Waals surface area contributed by atoms with Crippen LogP contribution in [-0.4, -0.2) is 46.7 Å². The molecule has 7 nitrogen and oxygen atoms in total. The van der Waals surface area contributed by atoms with Crippen molar-refractivity contribution in [3.8, 4) is 6.07 Å². The summed E-state index contributed by atoms with van der Waals surface area (Å²) in [4.78, 5) is 27.1. The molecule has 1 amide bonds. The normalized spacial score (nSPS) is 15.0. The smallest absolute Gasteiger partial charge is 0.344 e. The summed E-state index contributed by atoms with van der Waals surface area (Å²) < 4.78 is 38.5. The lowest BCUT2D eigenvalue weighted by Crippen LogP contribution is -2.51. The van der Waals surface area contributed by atoms with Gasteiger partial charge in [0.1, 0.15) is 17.3 Å². The summed E-state index contributed by atoms with van der Waals surface area (Å²) >= 11 is 1.30.